The summed E-state index contributed by atoms with van der Waals surface area (Å²) >= 11 is 5.95. The third kappa shape index (κ3) is 5.12. The van der Waals surface area contributed by atoms with Crippen LogP contribution in [0.1, 0.15) is 6.92 Å². The number of rotatable bonds is 6. The number of anilines is 3. The second kappa shape index (κ2) is 9.62. The molecule has 3 aromatic rings. The Hall–Kier alpha value is -3.71. The molecule has 0 saturated carbocycles. The lowest BCUT2D eigenvalue weighted by atomic mass is 10.1. The Morgan fingerprint density at radius 2 is 1.78 bits per heavy atom. The fourth-order valence-corrected chi connectivity index (χ4v) is 3.54. The van der Waals surface area contributed by atoms with Crippen LogP contribution in [0.4, 0.5) is 21.9 Å². The molecular weight excluding hydrogens is 430 g/mol. The minimum atomic E-state index is -0.644. The molecule has 1 atom stereocenters. The maximum atomic E-state index is 12.7. The molecule has 0 fully saturated rings. The zero-order chi connectivity index (χ0) is 22.5. The Bertz CT molecular complexity index is 1120. The molecule has 3 amide bonds. The van der Waals surface area contributed by atoms with Gasteiger partial charge in [-0.05, 0) is 49.4 Å². The molecule has 0 saturated heterocycles. The van der Waals surface area contributed by atoms with E-state index in [0.717, 1.165) is 5.75 Å². The number of carbonyl (C=O) groups is 2. The van der Waals surface area contributed by atoms with Crippen LogP contribution in [0.5, 0.6) is 11.5 Å². The predicted octanol–water partition coefficient (Wildman–Crippen LogP) is 5.18. The van der Waals surface area contributed by atoms with Gasteiger partial charge in [0.1, 0.15) is 18.1 Å². The number of benzene rings is 3. The molecule has 3 aromatic carbocycles. The van der Waals surface area contributed by atoms with Crippen LogP contribution in [0.3, 0.4) is 0 Å². The number of urea groups is 1. The molecule has 1 aliphatic heterocycles. The van der Waals surface area contributed by atoms with Gasteiger partial charge in [-0.2, -0.15) is 0 Å². The topological polar surface area (TPSA) is 79.9 Å². The van der Waals surface area contributed by atoms with Gasteiger partial charge in [0.25, 0.3) is 5.91 Å². The summed E-state index contributed by atoms with van der Waals surface area (Å²) in [6.07, 6.45) is -0.644. The van der Waals surface area contributed by atoms with Crippen molar-refractivity contribution in [3.63, 3.8) is 0 Å². The molecule has 164 valence electrons. The van der Waals surface area contributed by atoms with Gasteiger partial charge in [-0.1, -0.05) is 35.9 Å². The number of nitrogens with one attached hydrogen (secondary N) is 2. The summed E-state index contributed by atoms with van der Waals surface area (Å²) in [5.74, 6) is 1.11. The predicted molar refractivity (Wildman–Crippen MR) is 125 cm³/mol. The minimum Gasteiger partial charge on any atom is -0.492 e. The maximum absolute atomic E-state index is 12.7. The summed E-state index contributed by atoms with van der Waals surface area (Å²) in [6.45, 7) is 2.41. The Kier molecular flexibility index (Phi) is 6.47. The van der Waals surface area contributed by atoms with Crippen LogP contribution in [0.25, 0.3) is 0 Å². The summed E-state index contributed by atoms with van der Waals surface area (Å²) in [7, 11) is 0. The van der Waals surface area contributed by atoms with E-state index in [1.54, 1.807) is 54.3 Å². The maximum Gasteiger partial charge on any atom is 0.323 e. The molecule has 0 bridgehead atoms. The fourth-order valence-electron chi connectivity index (χ4n) is 3.35. The highest BCUT2D eigenvalue weighted by atomic mass is 35.5. The largest absolute Gasteiger partial charge is 0.492 e. The van der Waals surface area contributed by atoms with Gasteiger partial charge in [0.15, 0.2) is 6.10 Å². The zero-order valence-corrected chi connectivity index (χ0v) is 18.1. The van der Waals surface area contributed by atoms with Gasteiger partial charge in [-0.25, -0.2) is 4.79 Å². The van der Waals surface area contributed by atoms with Crippen LogP contribution < -0.4 is 25.0 Å². The first kappa shape index (κ1) is 21.5. The van der Waals surface area contributed by atoms with Gasteiger partial charge < -0.3 is 25.0 Å². The van der Waals surface area contributed by atoms with Gasteiger partial charge >= 0.3 is 6.03 Å². The van der Waals surface area contributed by atoms with E-state index in [1.165, 1.54) is 0 Å². The van der Waals surface area contributed by atoms with Crippen LogP contribution in [0.15, 0.2) is 72.8 Å². The van der Waals surface area contributed by atoms with E-state index >= 15 is 0 Å². The van der Waals surface area contributed by atoms with Crippen molar-refractivity contribution in [2.75, 3.05) is 28.7 Å². The molecular formula is C24H22ClN3O4. The number of para-hydroxylation sites is 1. The van der Waals surface area contributed by atoms with Crippen LogP contribution in [0.2, 0.25) is 5.02 Å². The average Bonchev–Trinajstić information content (AvgIpc) is 2.77. The first-order valence-electron chi connectivity index (χ1n) is 10.1. The SMILES string of the molecule is CC1Oc2cc(NC(=O)Nc3cccc(Cl)c3)ccc2N(CCOc2ccccc2)C1=O. The monoisotopic (exact) mass is 451 g/mol. The first-order valence-corrected chi connectivity index (χ1v) is 10.5. The molecule has 8 heteroatoms. The van der Waals surface area contributed by atoms with E-state index in [2.05, 4.69) is 10.6 Å². The second-order valence-corrected chi connectivity index (χ2v) is 7.62. The van der Waals surface area contributed by atoms with Crippen molar-refractivity contribution in [1.29, 1.82) is 0 Å². The number of halogens is 1. The molecule has 0 radical (unpaired) electrons. The lowest BCUT2D eigenvalue weighted by molar-refractivity contribution is -0.125. The van der Waals surface area contributed by atoms with Crippen molar-refractivity contribution in [2.45, 2.75) is 13.0 Å². The molecule has 32 heavy (non-hydrogen) atoms. The van der Waals surface area contributed by atoms with Crippen LogP contribution >= 0.6 is 11.6 Å². The molecule has 1 heterocycles. The second-order valence-electron chi connectivity index (χ2n) is 7.18. The molecule has 0 aliphatic carbocycles. The fraction of sp³-hybridized carbons (Fsp3) is 0.167. The Morgan fingerprint density at radius 1 is 1.03 bits per heavy atom. The first-order chi connectivity index (χ1) is 15.5. The Labute approximate surface area is 190 Å². The highest BCUT2D eigenvalue weighted by Gasteiger charge is 2.31. The van der Waals surface area contributed by atoms with Gasteiger partial charge in [0.05, 0.1) is 12.2 Å². The highest BCUT2D eigenvalue weighted by molar-refractivity contribution is 6.30. The van der Waals surface area contributed by atoms with Crippen molar-refractivity contribution in [3.8, 4) is 11.5 Å². The van der Waals surface area contributed by atoms with Crippen molar-refractivity contribution < 1.29 is 19.1 Å². The molecule has 2 N–H and O–H groups in total. The normalized spacial score (nSPS) is 14.9. The van der Waals surface area contributed by atoms with Crippen molar-refractivity contribution in [2.24, 2.45) is 0 Å². The number of amides is 3. The highest BCUT2D eigenvalue weighted by Crippen LogP contribution is 2.36. The van der Waals surface area contributed by atoms with E-state index in [0.29, 0.717) is 41.0 Å². The summed E-state index contributed by atoms with van der Waals surface area (Å²) < 4.78 is 11.5. The van der Waals surface area contributed by atoms with Crippen molar-refractivity contribution >= 4 is 40.6 Å². The lowest BCUT2D eigenvalue weighted by Gasteiger charge is -2.33. The molecule has 0 spiro atoms. The quantitative estimate of drug-likeness (QED) is 0.541. The molecule has 7 nitrogen and oxygen atoms in total. The number of carbonyl (C=O) groups excluding carboxylic acids is 2. The number of fused-ring (bicyclic) bond motifs is 1. The van der Waals surface area contributed by atoms with Crippen LogP contribution in [0, 0.1) is 0 Å². The number of nitrogens with zero attached hydrogens (tertiary/aromatic N) is 1. The summed E-state index contributed by atoms with van der Waals surface area (Å²) in [5, 5.41) is 6.02. The summed E-state index contributed by atoms with van der Waals surface area (Å²) in [4.78, 5) is 26.7. The van der Waals surface area contributed by atoms with E-state index in [-0.39, 0.29) is 5.91 Å². The van der Waals surface area contributed by atoms with Gasteiger partial charge in [-0.15, -0.1) is 0 Å². The average molecular weight is 452 g/mol. The standard InChI is InChI=1S/C24H22ClN3O4/c1-16-23(29)28(12-13-31-20-8-3-2-4-9-20)21-11-10-19(15-22(21)32-16)27-24(30)26-18-7-5-6-17(25)14-18/h2-11,14-16H,12-13H2,1H3,(H2,26,27,30). The lowest BCUT2D eigenvalue weighted by Crippen LogP contribution is -2.46. The molecule has 1 aliphatic rings. The smallest absolute Gasteiger partial charge is 0.323 e. The summed E-state index contributed by atoms with van der Waals surface area (Å²) in [5.41, 5.74) is 1.74. The Balaban J connectivity index is 1.43. The minimum absolute atomic E-state index is 0.145. The van der Waals surface area contributed by atoms with Crippen LogP contribution in [-0.2, 0) is 4.79 Å². The van der Waals surface area contributed by atoms with Gasteiger partial charge in [-0.3, -0.25) is 4.79 Å². The molecule has 4 rings (SSSR count). The molecule has 0 aromatic heterocycles. The summed E-state index contributed by atoms with van der Waals surface area (Å²) in [6, 6.07) is 21.0. The number of hydrogen-bond acceptors (Lipinski definition) is 4. The number of ether oxygens (including phenoxy) is 2. The van der Waals surface area contributed by atoms with E-state index < -0.39 is 12.1 Å². The zero-order valence-electron chi connectivity index (χ0n) is 17.4. The van der Waals surface area contributed by atoms with Crippen LogP contribution in [-0.4, -0.2) is 31.2 Å². The van der Waals surface area contributed by atoms with Crippen molar-refractivity contribution in [1.82, 2.24) is 0 Å². The Morgan fingerprint density at radius 3 is 2.53 bits per heavy atom. The van der Waals surface area contributed by atoms with Gasteiger partial charge in [0, 0.05) is 22.5 Å². The van der Waals surface area contributed by atoms with E-state index in [1.807, 2.05) is 30.3 Å². The number of hydrogen-bond donors (Lipinski definition) is 2. The van der Waals surface area contributed by atoms with Gasteiger partial charge in [0.2, 0.25) is 0 Å². The third-order valence-electron chi connectivity index (χ3n) is 4.84. The van der Waals surface area contributed by atoms with E-state index in [4.69, 9.17) is 21.1 Å². The van der Waals surface area contributed by atoms with E-state index in [9.17, 15) is 9.59 Å². The third-order valence-corrected chi connectivity index (χ3v) is 5.07. The van der Waals surface area contributed by atoms with Crippen molar-refractivity contribution in [3.05, 3.63) is 77.8 Å². The molecule has 1 unspecified atom stereocenters.